The van der Waals surface area contributed by atoms with Gasteiger partial charge in [0.15, 0.2) is 0 Å². The van der Waals surface area contributed by atoms with E-state index in [-0.39, 0.29) is 11.2 Å². The minimum absolute atomic E-state index is 0.0471. The highest BCUT2D eigenvalue weighted by atomic mass is 32.1. The fourth-order valence-electron chi connectivity index (χ4n) is 0.996. The Morgan fingerprint density at radius 1 is 1.83 bits per heavy atom. The molecule has 1 heterocycles. The molecule has 0 aliphatic carbocycles. The smallest absolute Gasteiger partial charge is 0.136 e. The first-order valence-electron chi connectivity index (χ1n) is 3.74. The Bertz CT molecular complexity index is 246. The predicted octanol–water partition coefficient (Wildman–Crippen LogP) is -0.139. The molecule has 0 aromatic rings. The molecule has 0 fully saturated rings. The number of hydrogen-bond acceptors (Lipinski definition) is 4. The van der Waals surface area contributed by atoms with E-state index in [1.165, 1.54) is 0 Å². The molecule has 0 aromatic carbocycles. The van der Waals surface area contributed by atoms with Crippen molar-refractivity contribution in [2.24, 2.45) is 21.5 Å². The molecule has 1 rings (SSSR count). The first kappa shape index (κ1) is 9.28. The fourth-order valence-corrected chi connectivity index (χ4v) is 1.13. The van der Waals surface area contributed by atoms with Gasteiger partial charge in [0.2, 0.25) is 0 Å². The number of thiocarbonyl (C=S) groups is 1. The van der Waals surface area contributed by atoms with E-state index in [1.54, 1.807) is 6.21 Å². The lowest BCUT2D eigenvalue weighted by Gasteiger charge is -2.16. The molecule has 2 unspecified atom stereocenters. The predicted molar refractivity (Wildman–Crippen MR) is 54.8 cm³/mol. The summed E-state index contributed by atoms with van der Waals surface area (Å²) in [7, 11) is 0. The van der Waals surface area contributed by atoms with Crippen LogP contribution in [-0.2, 0) is 0 Å². The summed E-state index contributed by atoms with van der Waals surface area (Å²) in [4.78, 5) is 8.59. The van der Waals surface area contributed by atoms with Crippen LogP contribution in [0.4, 0.5) is 0 Å². The van der Waals surface area contributed by atoms with E-state index in [2.05, 4.69) is 9.98 Å². The molecule has 1 aliphatic rings. The number of nitrogens with zero attached hydrogens (tertiary/aromatic N) is 2. The molecular weight excluding hydrogens is 172 g/mol. The molecule has 0 saturated heterocycles. The standard InChI is InChI=1S/C7H12N4S/c1-4-10-3-2-5(11-4)6(8)7(9)12/h3-4,6H,2,8H2,1H3,(H2,9,12). The Hall–Kier alpha value is -0.810. The molecule has 0 saturated carbocycles. The molecule has 2 atom stereocenters. The van der Waals surface area contributed by atoms with Crippen LogP contribution < -0.4 is 11.5 Å². The summed E-state index contributed by atoms with van der Waals surface area (Å²) in [5.74, 6) is 0. The van der Waals surface area contributed by atoms with Crippen LogP contribution in [0.25, 0.3) is 0 Å². The van der Waals surface area contributed by atoms with Gasteiger partial charge in [-0.2, -0.15) is 0 Å². The van der Waals surface area contributed by atoms with Crippen LogP contribution in [0.15, 0.2) is 9.98 Å². The van der Waals surface area contributed by atoms with E-state index < -0.39 is 6.04 Å². The van der Waals surface area contributed by atoms with Crippen molar-refractivity contribution in [3.63, 3.8) is 0 Å². The lowest BCUT2D eigenvalue weighted by molar-refractivity contribution is 0.777. The van der Waals surface area contributed by atoms with Crippen LogP contribution >= 0.6 is 12.2 Å². The molecule has 4 nitrogen and oxygen atoms in total. The Labute approximate surface area is 76.8 Å². The zero-order valence-electron chi connectivity index (χ0n) is 6.90. The molecule has 5 heteroatoms. The van der Waals surface area contributed by atoms with E-state index in [9.17, 15) is 0 Å². The van der Waals surface area contributed by atoms with Gasteiger partial charge in [-0.15, -0.1) is 0 Å². The Balaban J connectivity index is 2.70. The molecule has 0 aromatic heterocycles. The van der Waals surface area contributed by atoms with E-state index in [1.807, 2.05) is 6.92 Å². The summed E-state index contributed by atoms with van der Waals surface area (Å²) in [6.07, 6.45) is 2.41. The highest BCUT2D eigenvalue weighted by Crippen LogP contribution is 2.03. The maximum Gasteiger partial charge on any atom is 0.136 e. The van der Waals surface area contributed by atoms with Gasteiger partial charge in [0.25, 0.3) is 0 Å². The molecule has 0 bridgehead atoms. The lowest BCUT2D eigenvalue weighted by Crippen LogP contribution is -2.43. The third-order valence-corrected chi connectivity index (χ3v) is 1.89. The average Bonchev–Trinajstić information content (AvgIpc) is 2.03. The lowest BCUT2D eigenvalue weighted by atomic mass is 10.1. The molecular formula is C7H12N4S. The quantitative estimate of drug-likeness (QED) is 0.586. The minimum Gasteiger partial charge on any atom is -0.392 e. The topological polar surface area (TPSA) is 76.8 Å². The number of nitrogens with two attached hydrogens (primary N) is 2. The van der Waals surface area contributed by atoms with Crippen molar-refractivity contribution in [3.05, 3.63) is 0 Å². The van der Waals surface area contributed by atoms with Crippen LogP contribution in [0.3, 0.4) is 0 Å². The van der Waals surface area contributed by atoms with Crippen molar-refractivity contribution >= 4 is 29.1 Å². The Morgan fingerprint density at radius 2 is 2.50 bits per heavy atom. The fraction of sp³-hybridized carbons (Fsp3) is 0.571. The Morgan fingerprint density at radius 3 is 3.00 bits per heavy atom. The van der Waals surface area contributed by atoms with Gasteiger partial charge in [-0.1, -0.05) is 12.2 Å². The van der Waals surface area contributed by atoms with E-state index in [0.717, 1.165) is 5.71 Å². The second kappa shape index (κ2) is 3.73. The van der Waals surface area contributed by atoms with Gasteiger partial charge < -0.3 is 11.5 Å². The summed E-state index contributed by atoms with van der Waals surface area (Å²) < 4.78 is 0. The number of rotatable bonds is 2. The van der Waals surface area contributed by atoms with Crippen LogP contribution in [0.2, 0.25) is 0 Å². The second-order valence-electron chi connectivity index (χ2n) is 2.67. The summed E-state index contributed by atoms with van der Waals surface area (Å²) >= 11 is 4.77. The van der Waals surface area contributed by atoms with E-state index in [4.69, 9.17) is 23.7 Å². The third kappa shape index (κ3) is 2.09. The summed E-state index contributed by atoms with van der Waals surface area (Å²) in [6.45, 7) is 1.89. The molecule has 0 amide bonds. The SMILES string of the molecule is CC1N=CCC(C(N)C(N)=S)=N1. The maximum atomic E-state index is 5.69. The summed E-state index contributed by atoms with van der Waals surface area (Å²) in [5, 5.41) is 0. The maximum absolute atomic E-state index is 5.69. The summed E-state index contributed by atoms with van der Waals surface area (Å²) in [5.41, 5.74) is 11.9. The molecule has 1 aliphatic heterocycles. The monoisotopic (exact) mass is 184 g/mol. The van der Waals surface area contributed by atoms with E-state index >= 15 is 0 Å². The molecule has 0 radical (unpaired) electrons. The van der Waals surface area contributed by atoms with Crippen LogP contribution in [-0.4, -0.2) is 29.1 Å². The molecule has 4 N–H and O–H groups in total. The highest BCUT2D eigenvalue weighted by molar-refractivity contribution is 7.80. The molecule has 0 spiro atoms. The first-order valence-corrected chi connectivity index (χ1v) is 4.15. The van der Waals surface area contributed by atoms with Gasteiger partial charge in [-0.05, 0) is 6.92 Å². The zero-order valence-corrected chi connectivity index (χ0v) is 7.71. The van der Waals surface area contributed by atoms with Gasteiger partial charge in [-0.3, -0.25) is 9.98 Å². The van der Waals surface area contributed by atoms with Gasteiger partial charge in [0.1, 0.15) is 6.17 Å². The minimum atomic E-state index is -0.394. The van der Waals surface area contributed by atoms with Crippen molar-refractivity contribution < 1.29 is 0 Å². The third-order valence-electron chi connectivity index (χ3n) is 1.64. The van der Waals surface area contributed by atoms with Crippen LogP contribution in [0.1, 0.15) is 13.3 Å². The van der Waals surface area contributed by atoms with Crippen LogP contribution in [0.5, 0.6) is 0 Å². The van der Waals surface area contributed by atoms with Crippen molar-refractivity contribution in [2.75, 3.05) is 0 Å². The van der Waals surface area contributed by atoms with Gasteiger partial charge >= 0.3 is 0 Å². The Kier molecular flexibility index (Phi) is 2.88. The number of hydrogen-bond donors (Lipinski definition) is 2. The van der Waals surface area contributed by atoms with Gasteiger partial charge in [0.05, 0.1) is 11.0 Å². The second-order valence-corrected chi connectivity index (χ2v) is 3.14. The van der Waals surface area contributed by atoms with E-state index in [0.29, 0.717) is 6.42 Å². The molecule has 12 heavy (non-hydrogen) atoms. The highest BCUT2D eigenvalue weighted by Gasteiger charge is 2.16. The summed E-state index contributed by atoms with van der Waals surface area (Å²) in [6, 6.07) is -0.394. The van der Waals surface area contributed by atoms with Crippen molar-refractivity contribution in [3.8, 4) is 0 Å². The zero-order chi connectivity index (χ0) is 9.14. The van der Waals surface area contributed by atoms with Crippen LogP contribution in [0, 0.1) is 0 Å². The normalized spacial score (nSPS) is 24.8. The van der Waals surface area contributed by atoms with Crippen molar-refractivity contribution in [1.82, 2.24) is 0 Å². The van der Waals surface area contributed by atoms with Crippen molar-refractivity contribution in [2.45, 2.75) is 25.6 Å². The number of aliphatic imine (C=N–C) groups is 2. The first-order chi connectivity index (χ1) is 5.61. The van der Waals surface area contributed by atoms with Crippen molar-refractivity contribution in [1.29, 1.82) is 0 Å². The van der Waals surface area contributed by atoms with Gasteiger partial charge in [0, 0.05) is 18.3 Å². The van der Waals surface area contributed by atoms with Gasteiger partial charge in [-0.25, -0.2) is 0 Å². The average molecular weight is 184 g/mol. The largest absolute Gasteiger partial charge is 0.392 e. The molecule has 66 valence electrons.